The van der Waals surface area contributed by atoms with E-state index < -0.39 is 8.69 Å². The van der Waals surface area contributed by atoms with E-state index >= 15 is 0 Å². The van der Waals surface area contributed by atoms with Gasteiger partial charge in [-0.2, -0.15) is 0 Å². The molecule has 0 bridgehead atoms. The van der Waals surface area contributed by atoms with Crippen molar-refractivity contribution in [2.45, 2.75) is 38.2 Å². The minimum Gasteiger partial charge on any atom is -0.344 e. The lowest BCUT2D eigenvalue weighted by Gasteiger charge is -2.14. The third-order valence-corrected chi connectivity index (χ3v) is 2.20. The molecule has 1 aliphatic carbocycles. The molecule has 1 rings (SSSR count). The van der Waals surface area contributed by atoms with Gasteiger partial charge in [-0.15, -0.1) is 4.52 Å². The lowest BCUT2D eigenvalue weighted by molar-refractivity contribution is 0.172. The van der Waals surface area contributed by atoms with E-state index in [0.717, 1.165) is 12.8 Å². The van der Waals surface area contributed by atoms with Crippen LogP contribution in [0.25, 0.3) is 0 Å². The summed E-state index contributed by atoms with van der Waals surface area (Å²) in [5.41, 5.74) is 0. The summed E-state index contributed by atoms with van der Waals surface area (Å²) in [4.78, 5) is 0. The van der Waals surface area contributed by atoms with Gasteiger partial charge < -0.3 is 6.15 Å². The van der Waals surface area contributed by atoms with Crippen LogP contribution in [0.3, 0.4) is 0 Å². The van der Waals surface area contributed by atoms with E-state index in [0.29, 0.717) is 6.10 Å². The van der Waals surface area contributed by atoms with Crippen molar-refractivity contribution in [1.29, 1.82) is 0 Å². The van der Waals surface area contributed by atoms with Crippen molar-refractivity contribution in [3.8, 4) is 0 Å². The first-order chi connectivity index (χ1) is 4.43. The molecule has 0 spiro atoms. The first-order valence-corrected chi connectivity index (χ1v) is 4.28. The predicted octanol–water partition coefficient (Wildman–Crippen LogP) is 2.44. The highest BCUT2D eigenvalue weighted by atomic mass is 31.1. The van der Waals surface area contributed by atoms with Crippen LogP contribution in [0.5, 0.6) is 0 Å². The fourth-order valence-electron chi connectivity index (χ4n) is 1.25. The van der Waals surface area contributed by atoms with Crippen LogP contribution in [-0.4, -0.2) is 6.10 Å². The lowest BCUT2D eigenvalue weighted by Crippen LogP contribution is -2.11. The van der Waals surface area contributed by atoms with Gasteiger partial charge in [-0.1, -0.05) is 19.3 Å². The average Bonchev–Trinajstić information content (AvgIpc) is 1.91. The van der Waals surface area contributed by atoms with E-state index in [2.05, 4.69) is 0 Å². The first-order valence-electron chi connectivity index (χ1n) is 3.46. The van der Waals surface area contributed by atoms with Gasteiger partial charge in [0.2, 0.25) is 0 Å². The third-order valence-electron chi connectivity index (χ3n) is 1.77. The molecule has 3 N–H and O–H groups in total. The maximum atomic E-state index is 10.0. The zero-order valence-corrected chi connectivity index (χ0v) is 7.14. The predicted molar refractivity (Wildman–Crippen MR) is 42.0 cm³/mol. The first kappa shape index (κ1) is 10.0. The molecule has 1 saturated carbocycles. The molecule has 60 valence electrons. The van der Waals surface area contributed by atoms with E-state index in [1.807, 2.05) is 0 Å². The highest BCUT2D eigenvalue weighted by molar-refractivity contribution is 7.17. The van der Waals surface area contributed by atoms with Crippen molar-refractivity contribution < 1.29 is 9.09 Å². The van der Waals surface area contributed by atoms with Gasteiger partial charge in [-0.25, -0.2) is 0 Å². The van der Waals surface area contributed by atoms with Crippen LogP contribution in [0.15, 0.2) is 0 Å². The minimum atomic E-state index is -0.561. The Morgan fingerprint density at radius 3 is 2.30 bits per heavy atom. The highest BCUT2D eigenvalue weighted by Crippen LogP contribution is 2.22. The molecule has 10 heavy (non-hydrogen) atoms. The zero-order chi connectivity index (χ0) is 6.53. The summed E-state index contributed by atoms with van der Waals surface area (Å²) in [5.74, 6) is 0. The van der Waals surface area contributed by atoms with Gasteiger partial charge in [-0.3, -0.25) is 0 Å². The van der Waals surface area contributed by atoms with Gasteiger partial charge in [0.15, 0.2) is 0 Å². The Balaban J connectivity index is 0.000000810. The van der Waals surface area contributed by atoms with E-state index in [-0.39, 0.29) is 6.15 Å². The zero-order valence-electron chi connectivity index (χ0n) is 6.14. The lowest BCUT2D eigenvalue weighted by atomic mass is 9.98. The van der Waals surface area contributed by atoms with E-state index in [4.69, 9.17) is 4.52 Å². The fourth-order valence-corrected chi connectivity index (χ4v) is 1.62. The molecule has 0 aromatic rings. The number of hydrogen-bond acceptors (Lipinski definition) is 3. The topological polar surface area (TPSA) is 61.3 Å². The summed E-state index contributed by atoms with van der Waals surface area (Å²) in [6.45, 7) is 0. The Morgan fingerprint density at radius 1 is 1.20 bits per heavy atom. The van der Waals surface area contributed by atoms with E-state index in [1.54, 1.807) is 0 Å². The summed E-state index contributed by atoms with van der Waals surface area (Å²) in [7, 11) is -0.561. The van der Waals surface area contributed by atoms with Gasteiger partial charge in [0, 0.05) is 0 Å². The Bertz CT molecular complexity index is 93.7. The van der Waals surface area contributed by atoms with Crippen LogP contribution < -0.4 is 6.15 Å². The largest absolute Gasteiger partial charge is 0.494 e. The monoisotopic (exact) mass is 164 g/mol. The van der Waals surface area contributed by atoms with Gasteiger partial charge in [0.05, 0.1) is 0 Å². The maximum absolute atomic E-state index is 10.0. The van der Waals surface area contributed by atoms with Crippen LogP contribution in [0.4, 0.5) is 0 Å². The van der Waals surface area contributed by atoms with Gasteiger partial charge in [-0.05, 0) is 17.4 Å². The Kier molecular flexibility index (Phi) is 5.79. The van der Waals surface area contributed by atoms with Crippen molar-refractivity contribution in [1.82, 2.24) is 6.15 Å². The van der Waals surface area contributed by atoms with Crippen molar-refractivity contribution in [3.63, 3.8) is 0 Å². The SMILES string of the molecule is N.O=[PH+]OC1CCCCC1. The number of hydrogen-bond donors (Lipinski definition) is 1. The second-order valence-electron chi connectivity index (χ2n) is 2.46. The Morgan fingerprint density at radius 2 is 1.80 bits per heavy atom. The number of rotatable bonds is 2. The van der Waals surface area contributed by atoms with E-state index in [9.17, 15) is 4.57 Å². The third kappa shape index (κ3) is 3.25. The molecule has 0 radical (unpaired) electrons. The molecule has 0 saturated heterocycles. The molecule has 1 atom stereocenters. The van der Waals surface area contributed by atoms with Crippen molar-refractivity contribution in [3.05, 3.63) is 0 Å². The smallest absolute Gasteiger partial charge is 0.344 e. The summed E-state index contributed by atoms with van der Waals surface area (Å²) < 4.78 is 15.0. The molecule has 3 nitrogen and oxygen atoms in total. The van der Waals surface area contributed by atoms with Gasteiger partial charge >= 0.3 is 8.69 Å². The summed E-state index contributed by atoms with van der Waals surface area (Å²) >= 11 is 0. The van der Waals surface area contributed by atoms with E-state index in [1.165, 1.54) is 19.3 Å². The molecule has 0 aromatic heterocycles. The highest BCUT2D eigenvalue weighted by Gasteiger charge is 2.16. The molecular weight excluding hydrogens is 149 g/mol. The molecule has 0 aliphatic heterocycles. The molecule has 1 fully saturated rings. The Labute approximate surface area is 63.0 Å². The molecular formula is C6H15NO2P+. The molecule has 1 unspecified atom stereocenters. The van der Waals surface area contributed by atoms with Crippen molar-refractivity contribution in [2.75, 3.05) is 0 Å². The van der Waals surface area contributed by atoms with Gasteiger partial charge in [0.1, 0.15) is 6.10 Å². The van der Waals surface area contributed by atoms with Gasteiger partial charge in [0.25, 0.3) is 0 Å². The quantitative estimate of drug-likeness (QED) is 0.637. The van der Waals surface area contributed by atoms with Crippen LogP contribution in [0, 0.1) is 0 Å². The molecule has 0 aromatic carbocycles. The maximum Gasteiger partial charge on any atom is 0.494 e. The summed E-state index contributed by atoms with van der Waals surface area (Å²) in [5, 5.41) is 0. The molecule has 1 aliphatic rings. The second kappa shape index (κ2) is 5.78. The standard InChI is InChI=1S/C6H12O2P.H3N/c7-9-8-6-4-2-1-3-5-6;/h6,9H,1-5H2;1H3/q+1;. The summed E-state index contributed by atoms with van der Waals surface area (Å²) in [6.07, 6.45) is 6.32. The van der Waals surface area contributed by atoms with Crippen LogP contribution in [-0.2, 0) is 9.09 Å². The average molecular weight is 164 g/mol. The normalized spacial score (nSPS) is 20.4. The second-order valence-corrected chi connectivity index (χ2v) is 2.86. The van der Waals surface area contributed by atoms with Crippen LogP contribution in [0.1, 0.15) is 32.1 Å². The Hall–Kier alpha value is 0.0200. The fraction of sp³-hybridized carbons (Fsp3) is 1.00. The minimum absolute atomic E-state index is 0. The molecule has 0 amide bonds. The summed E-state index contributed by atoms with van der Waals surface area (Å²) in [6, 6.07) is 0. The van der Waals surface area contributed by atoms with Crippen LogP contribution >= 0.6 is 8.69 Å². The van der Waals surface area contributed by atoms with Crippen LogP contribution in [0.2, 0.25) is 0 Å². The molecule has 4 heteroatoms. The molecule has 0 heterocycles. The van der Waals surface area contributed by atoms with Crippen molar-refractivity contribution in [2.24, 2.45) is 0 Å². The van der Waals surface area contributed by atoms with Crippen molar-refractivity contribution >= 4 is 8.69 Å².